The van der Waals surface area contributed by atoms with Gasteiger partial charge in [-0.25, -0.2) is 0 Å². The van der Waals surface area contributed by atoms with Crippen molar-refractivity contribution in [2.45, 2.75) is 18.9 Å². The van der Waals surface area contributed by atoms with Crippen LogP contribution in [0.4, 0.5) is 0 Å². The average Bonchev–Trinajstić information content (AvgIpc) is 2.64. The molecule has 3 heteroatoms. The number of carbonyl (C=O) groups excluding carboxylic acids is 1. The molecule has 2 aliphatic heterocycles. The van der Waals surface area contributed by atoms with Crippen molar-refractivity contribution in [3.05, 3.63) is 66.5 Å². The number of allylic oxidation sites excluding steroid dienone is 1. The number of nitrogens with one attached hydrogen (secondary N) is 1. The third kappa shape index (κ3) is 1.70. The SMILES string of the molecule is C=C1CCC(N2C(=C)c3ccccc3C2=O)C(=C)N1. The van der Waals surface area contributed by atoms with Gasteiger partial charge in [0.15, 0.2) is 0 Å². The van der Waals surface area contributed by atoms with Crippen molar-refractivity contribution in [1.29, 1.82) is 0 Å². The van der Waals surface area contributed by atoms with Crippen LogP contribution in [0.2, 0.25) is 0 Å². The van der Waals surface area contributed by atoms with Crippen LogP contribution >= 0.6 is 0 Å². The topological polar surface area (TPSA) is 32.3 Å². The first-order chi connectivity index (χ1) is 9.09. The first-order valence-corrected chi connectivity index (χ1v) is 6.35. The van der Waals surface area contributed by atoms with E-state index in [9.17, 15) is 4.79 Å². The molecule has 1 N–H and O–H groups in total. The maximum Gasteiger partial charge on any atom is 0.259 e. The van der Waals surface area contributed by atoms with Gasteiger partial charge < -0.3 is 5.32 Å². The van der Waals surface area contributed by atoms with Gasteiger partial charge in [-0.2, -0.15) is 0 Å². The summed E-state index contributed by atoms with van der Waals surface area (Å²) in [6, 6.07) is 7.55. The zero-order valence-corrected chi connectivity index (χ0v) is 10.8. The lowest BCUT2D eigenvalue weighted by Crippen LogP contribution is -2.42. The van der Waals surface area contributed by atoms with E-state index in [4.69, 9.17) is 0 Å². The summed E-state index contributed by atoms with van der Waals surface area (Å²) in [5, 5.41) is 3.15. The summed E-state index contributed by atoms with van der Waals surface area (Å²) in [5.41, 5.74) is 4.19. The van der Waals surface area contributed by atoms with Crippen LogP contribution in [0.5, 0.6) is 0 Å². The number of benzene rings is 1. The maximum atomic E-state index is 12.5. The number of rotatable bonds is 1. The van der Waals surface area contributed by atoms with Crippen molar-refractivity contribution in [2.24, 2.45) is 0 Å². The van der Waals surface area contributed by atoms with E-state index >= 15 is 0 Å². The van der Waals surface area contributed by atoms with Gasteiger partial charge in [0.25, 0.3) is 5.91 Å². The van der Waals surface area contributed by atoms with Gasteiger partial charge in [0.1, 0.15) is 0 Å². The predicted molar refractivity (Wildman–Crippen MR) is 76.1 cm³/mol. The average molecular weight is 252 g/mol. The lowest BCUT2D eigenvalue weighted by Gasteiger charge is -2.35. The number of hydrogen-bond acceptors (Lipinski definition) is 2. The molecule has 1 unspecified atom stereocenters. The van der Waals surface area contributed by atoms with Crippen molar-refractivity contribution in [3.8, 4) is 0 Å². The third-order valence-electron chi connectivity index (χ3n) is 3.75. The lowest BCUT2D eigenvalue weighted by atomic mass is 10.0. The largest absolute Gasteiger partial charge is 0.362 e. The molecular formula is C16H16N2O. The van der Waals surface area contributed by atoms with Gasteiger partial charge in [0.05, 0.1) is 6.04 Å². The molecule has 0 saturated carbocycles. The van der Waals surface area contributed by atoms with Gasteiger partial charge in [-0.1, -0.05) is 37.9 Å². The highest BCUT2D eigenvalue weighted by molar-refractivity contribution is 6.09. The molecule has 2 aliphatic rings. The van der Waals surface area contributed by atoms with Gasteiger partial charge in [-0.3, -0.25) is 9.69 Å². The molecule has 0 aromatic heterocycles. The van der Waals surface area contributed by atoms with Crippen LogP contribution in [0.15, 0.2) is 55.4 Å². The second-order valence-electron chi connectivity index (χ2n) is 4.98. The lowest BCUT2D eigenvalue weighted by molar-refractivity contribution is 0.0809. The van der Waals surface area contributed by atoms with E-state index in [1.165, 1.54) is 0 Å². The molecule has 0 aliphatic carbocycles. The smallest absolute Gasteiger partial charge is 0.259 e. The fourth-order valence-electron chi connectivity index (χ4n) is 2.78. The summed E-state index contributed by atoms with van der Waals surface area (Å²) in [7, 11) is 0. The molecule has 3 nitrogen and oxygen atoms in total. The quantitative estimate of drug-likeness (QED) is 0.833. The van der Waals surface area contributed by atoms with Crippen molar-refractivity contribution >= 4 is 11.6 Å². The number of nitrogens with zero attached hydrogens (tertiary/aromatic N) is 1. The first-order valence-electron chi connectivity index (χ1n) is 6.35. The Morgan fingerprint density at radius 1 is 1.16 bits per heavy atom. The van der Waals surface area contributed by atoms with Crippen LogP contribution in [-0.4, -0.2) is 16.8 Å². The van der Waals surface area contributed by atoms with E-state index < -0.39 is 0 Å². The number of hydrogen-bond donors (Lipinski definition) is 1. The van der Waals surface area contributed by atoms with Crippen LogP contribution in [0.25, 0.3) is 5.70 Å². The third-order valence-corrected chi connectivity index (χ3v) is 3.75. The molecule has 1 aromatic rings. The maximum absolute atomic E-state index is 12.5. The summed E-state index contributed by atoms with van der Waals surface area (Å²) in [6.45, 7) is 12.0. The zero-order chi connectivity index (χ0) is 13.6. The monoisotopic (exact) mass is 252 g/mol. The van der Waals surface area contributed by atoms with E-state index in [0.717, 1.165) is 41.1 Å². The Kier molecular flexibility index (Phi) is 2.56. The van der Waals surface area contributed by atoms with E-state index in [0.29, 0.717) is 0 Å². The van der Waals surface area contributed by atoms with E-state index in [1.807, 2.05) is 24.3 Å². The number of carbonyl (C=O) groups is 1. The van der Waals surface area contributed by atoms with Gasteiger partial charge in [-0.05, 0) is 18.9 Å². The first kappa shape index (κ1) is 11.8. The molecule has 1 aromatic carbocycles. The highest BCUT2D eigenvalue weighted by Gasteiger charge is 2.37. The van der Waals surface area contributed by atoms with Gasteiger partial charge in [-0.15, -0.1) is 0 Å². The minimum atomic E-state index is -0.0436. The molecule has 0 bridgehead atoms. The molecule has 19 heavy (non-hydrogen) atoms. The molecule has 1 fully saturated rings. The minimum Gasteiger partial charge on any atom is -0.362 e. The Bertz CT molecular complexity index is 580. The Labute approximate surface area is 112 Å². The van der Waals surface area contributed by atoms with Crippen LogP contribution in [-0.2, 0) is 0 Å². The highest BCUT2D eigenvalue weighted by atomic mass is 16.2. The number of piperidine rings is 1. The standard InChI is InChI=1S/C16H16N2O/c1-10-8-9-15(11(2)17-10)18-12(3)13-6-4-5-7-14(13)16(18)19/h4-7,15,17H,1-3,8-9H2. The second-order valence-corrected chi connectivity index (χ2v) is 4.98. The summed E-state index contributed by atoms with van der Waals surface area (Å²) in [5.74, 6) is 0.0149. The normalized spacial score (nSPS) is 22.5. The fraction of sp³-hybridized carbons (Fsp3) is 0.188. The van der Waals surface area contributed by atoms with Crippen LogP contribution < -0.4 is 5.32 Å². The number of fused-ring (bicyclic) bond motifs is 1. The fourth-order valence-corrected chi connectivity index (χ4v) is 2.78. The van der Waals surface area contributed by atoms with Crippen molar-refractivity contribution < 1.29 is 4.79 Å². The van der Waals surface area contributed by atoms with Crippen LogP contribution in [0, 0.1) is 0 Å². The summed E-state index contributed by atoms with van der Waals surface area (Å²) in [4.78, 5) is 14.3. The minimum absolute atomic E-state index is 0.0149. The van der Waals surface area contributed by atoms with Gasteiger partial charge in [0.2, 0.25) is 0 Å². The predicted octanol–water partition coefficient (Wildman–Crippen LogP) is 2.89. The molecular weight excluding hydrogens is 236 g/mol. The molecule has 1 saturated heterocycles. The van der Waals surface area contributed by atoms with Gasteiger partial charge >= 0.3 is 0 Å². The second kappa shape index (κ2) is 4.12. The molecule has 3 rings (SSSR count). The van der Waals surface area contributed by atoms with E-state index in [2.05, 4.69) is 25.1 Å². The van der Waals surface area contributed by atoms with Crippen molar-refractivity contribution in [2.75, 3.05) is 0 Å². The number of amides is 1. The highest BCUT2D eigenvalue weighted by Crippen LogP contribution is 2.36. The van der Waals surface area contributed by atoms with Crippen LogP contribution in [0.3, 0.4) is 0 Å². The van der Waals surface area contributed by atoms with Crippen LogP contribution in [0.1, 0.15) is 28.8 Å². The van der Waals surface area contributed by atoms with E-state index in [1.54, 1.807) is 4.90 Å². The molecule has 0 spiro atoms. The van der Waals surface area contributed by atoms with Crippen molar-refractivity contribution in [1.82, 2.24) is 10.2 Å². The Morgan fingerprint density at radius 3 is 2.47 bits per heavy atom. The zero-order valence-electron chi connectivity index (χ0n) is 10.8. The molecule has 1 atom stereocenters. The Morgan fingerprint density at radius 2 is 1.84 bits per heavy atom. The molecule has 1 amide bonds. The van der Waals surface area contributed by atoms with Gasteiger partial charge in [0, 0.05) is 28.2 Å². The summed E-state index contributed by atoms with van der Waals surface area (Å²) in [6.07, 6.45) is 1.68. The molecule has 2 heterocycles. The Hall–Kier alpha value is -2.29. The summed E-state index contributed by atoms with van der Waals surface area (Å²) >= 11 is 0. The molecule has 96 valence electrons. The van der Waals surface area contributed by atoms with E-state index in [-0.39, 0.29) is 11.9 Å². The Balaban J connectivity index is 1.96. The van der Waals surface area contributed by atoms with Crippen molar-refractivity contribution in [3.63, 3.8) is 0 Å². The summed E-state index contributed by atoms with van der Waals surface area (Å²) < 4.78 is 0. The molecule has 0 radical (unpaired) electrons.